The van der Waals surface area contributed by atoms with Crippen LogP contribution in [0, 0.1) is 0 Å². The second kappa shape index (κ2) is 9.23. The first kappa shape index (κ1) is 23.7. The van der Waals surface area contributed by atoms with E-state index in [9.17, 15) is 18.0 Å². The van der Waals surface area contributed by atoms with E-state index in [-0.39, 0.29) is 12.5 Å². The molecule has 36 heavy (non-hydrogen) atoms. The molecular weight excluding hydrogens is 497 g/mol. The zero-order chi connectivity index (χ0) is 25.4. The first-order valence-electron chi connectivity index (χ1n) is 10.8. The monoisotopic (exact) mass is 514 g/mol. The van der Waals surface area contributed by atoms with E-state index < -0.39 is 17.6 Å². The molecule has 12 heteroatoms. The van der Waals surface area contributed by atoms with Gasteiger partial charge in [-0.2, -0.15) is 22.8 Å². The highest BCUT2D eigenvalue weighted by Crippen LogP contribution is 2.34. The molecule has 184 valence electrons. The van der Waals surface area contributed by atoms with Crippen LogP contribution in [-0.4, -0.2) is 43.9 Å². The number of rotatable bonds is 4. The van der Waals surface area contributed by atoms with E-state index >= 15 is 0 Å². The minimum Gasteiger partial charge on any atom is -0.481 e. The third-order valence-electron chi connectivity index (χ3n) is 5.75. The van der Waals surface area contributed by atoms with Gasteiger partial charge >= 0.3 is 11.9 Å². The Morgan fingerprint density at radius 1 is 1.14 bits per heavy atom. The Hall–Kier alpha value is -3.99. The van der Waals surface area contributed by atoms with Crippen LogP contribution in [0.1, 0.15) is 22.7 Å². The van der Waals surface area contributed by atoms with Gasteiger partial charge < -0.3 is 4.74 Å². The molecular formula is C24H18ClF3N6O2. The molecule has 0 aliphatic carbocycles. The molecule has 8 nitrogen and oxygen atoms in total. The Morgan fingerprint density at radius 3 is 2.53 bits per heavy atom. The van der Waals surface area contributed by atoms with E-state index in [0.717, 1.165) is 33.6 Å². The quantitative estimate of drug-likeness (QED) is 0.403. The van der Waals surface area contributed by atoms with Gasteiger partial charge in [-0.25, -0.2) is 9.48 Å². The predicted octanol–water partition coefficient (Wildman–Crippen LogP) is 4.37. The van der Waals surface area contributed by atoms with Gasteiger partial charge in [0.15, 0.2) is 5.65 Å². The summed E-state index contributed by atoms with van der Waals surface area (Å²) < 4.78 is 46.1. The highest BCUT2D eigenvalue weighted by Gasteiger charge is 2.32. The molecule has 0 amide bonds. The summed E-state index contributed by atoms with van der Waals surface area (Å²) in [6.45, 7) is 0.291. The van der Waals surface area contributed by atoms with Crippen LogP contribution in [0.3, 0.4) is 0 Å². The maximum absolute atomic E-state index is 13.1. The fourth-order valence-corrected chi connectivity index (χ4v) is 4.11. The number of hydrogen-bond donors (Lipinski definition) is 0. The molecule has 3 aromatic heterocycles. The van der Waals surface area contributed by atoms with Crippen molar-refractivity contribution in [3.63, 3.8) is 0 Å². The Bertz CT molecular complexity index is 1540. The third-order valence-corrected chi connectivity index (χ3v) is 6.00. The fourth-order valence-electron chi connectivity index (χ4n) is 3.98. The minimum absolute atomic E-state index is 0.0739. The Kier molecular flexibility index (Phi) is 6.09. The molecule has 0 fully saturated rings. The van der Waals surface area contributed by atoms with Crippen molar-refractivity contribution in [2.45, 2.75) is 18.6 Å². The number of methoxy groups -OCH3 is 1. The summed E-state index contributed by atoms with van der Waals surface area (Å²) in [7, 11) is 1.53. The van der Waals surface area contributed by atoms with Crippen LogP contribution < -0.4 is 5.69 Å². The molecule has 1 aliphatic heterocycles. The van der Waals surface area contributed by atoms with Gasteiger partial charge in [0.05, 0.1) is 26.4 Å². The highest BCUT2D eigenvalue weighted by molar-refractivity contribution is 6.30. The number of hydrogen-bond acceptors (Lipinski definition) is 6. The van der Waals surface area contributed by atoms with Crippen LogP contribution >= 0.6 is 11.6 Å². The van der Waals surface area contributed by atoms with E-state index in [1.54, 1.807) is 24.4 Å². The van der Waals surface area contributed by atoms with Gasteiger partial charge in [0.2, 0.25) is 5.90 Å². The normalized spacial score (nSPS) is 15.8. The van der Waals surface area contributed by atoms with Gasteiger partial charge in [0.1, 0.15) is 5.69 Å². The number of fused-ring (bicyclic) bond motifs is 1. The number of benzene rings is 1. The SMILES string of the molecule is COC1=NCC(c2c(-c3ccc(Cl)cc3)cnn3c(=O)n(Cc4ccc(C(F)(F)F)nc4)nc23)C=C1. The largest absolute Gasteiger partial charge is 0.481 e. The molecule has 0 N–H and O–H groups in total. The lowest BCUT2D eigenvalue weighted by molar-refractivity contribution is -0.141. The molecule has 0 spiro atoms. The molecule has 0 bridgehead atoms. The predicted molar refractivity (Wildman–Crippen MR) is 127 cm³/mol. The molecule has 1 unspecified atom stereocenters. The molecule has 0 saturated heterocycles. The summed E-state index contributed by atoms with van der Waals surface area (Å²) in [6, 6.07) is 9.34. The number of aromatic nitrogens is 5. The van der Waals surface area contributed by atoms with Gasteiger partial charge in [0, 0.05) is 28.3 Å². The molecule has 5 rings (SSSR count). The maximum atomic E-state index is 13.1. The van der Waals surface area contributed by atoms with E-state index in [1.807, 2.05) is 18.2 Å². The molecule has 1 atom stereocenters. The van der Waals surface area contributed by atoms with Gasteiger partial charge in [-0.05, 0) is 35.4 Å². The summed E-state index contributed by atoms with van der Waals surface area (Å²) in [5.74, 6) is 0.255. The second-order valence-electron chi connectivity index (χ2n) is 8.05. The summed E-state index contributed by atoms with van der Waals surface area (Å²) in [5.41, 5.74) is 1.47. The van der Waals surface area contributed by atoms with Crippen molar-refractivity contribution in [3.05, 3.63) is 93.3 Å². The van der Waals surface area contributed by atoms with Crippen LogP contribution in [0.4, 0.5) is 13.2 Å². The lowest BCUT2D eigenvalue weighted by atomic mass is 9.91. The molecule has 4 aromatic rings. The molecule has 0 radical (unpaired) electrons. The molecule has 1 aliphatic rings. The number of aliphatic imine (C=N–C) groups is 1. The van der Waals surface area contributed by atoms with Crippen molar-refractivity contribution >= 4 is 23.1 Å². The number of alkyl halides is 3. The second-order valence-corrected chi connectivity index (χ2v) is 8.49. The van der Waals surface area contributed by atoms with Crippen molar-refractivity contribution in [2.75, 3.05) is 13.7 Å². The third kappa shape index (κ3) is 4.49. The lowest BCUT2D eigenvalue weighted by Crippen LogP contribution is -2.23. The number of pyridine rings is 1. The van der Waals surface area contributed by atoms with Gasteiger partial charge in [-0.1, -0.05) is 35.9 Å². The van der Waals surface area contributed by atoms with Crippen molar-refractivity contribution in [1.82, 2.24) is 24.4 Å². The molecule has 4 heterocycles. The van der Waals surface area contributed by atoms with Crippen LogP contribution in [0.25, 0.3) is 16.8 Å². The Labute approximate surface area is 207 Å². The zero-order valence-electron chi connectivity index (χ0n) is 18.8. The van der Waals surface area contributed by atoms with E-state index in [0.29, 0.717) is 28.7 Å². The first-order valence-corrected chi connectivity index (χ1v) is 11.2. The average molecular weight is 515 g/mol. The standard InChI is InChI=1S/C24H18ClF3N6O2/c1-36-20-9-5-16(11-30-20)21-18(15-3-6-17(25)7-4-15)12-31-34-22(21)32-33(23(34)35)13-14-2-8-19(29-10-14)24(26,27)28/h2-10,12,16H,11,13H2,1H3. The summed E-state index contributed by atoms with van der Waals surface area (Å²) in [5, 5.41) is 9.40. The highest BCUT2D eigenvalue weighted by atomic mass is 35.5. The summed E-state index contributed by atoms with van der Waals surface area (Å²) in [6.07, 6.45) is 1.79. The molecule has 1 aromatic carbocycles. The number of nitrogens with zero attached hydrogens (tertiary/aromatic N) is 6. The first-order chi connectivity index (χ1) is 17.2. The van der Waals surface area contributed by atoms with Crippen molar-refractivity contribution in [1.29, 1.82) is 0 Å². The molecule has 0 saturated carbocycles. The maximum Gasteiger partial charge on any atom is 0.433 e. The Morgan fingerprint density at radius 2 is 1.92 bits per heavy atom. The number of dihydropyridines is 1. The smallest absolute Gasteiger partial charge is 0.433 e. The minimum atomic E-state index is -4.55. The van der Waals surface area contributed by atoms with E-state index in [2.05, 4.69) is 20.2 Å². The van der Waals surface area contributed by atoms with Crippen LogP contribution in [0.15, 0.2) is 70.7 Å². The van der Waals surface area contributed by atoms with Gasteiger partial charge in [-0.15, -0.1) is 5.10 Å². The van der Waals surface area contributed by atoms with Gasteiger partial charge in [-0.3, -0.25) is 9.98 Å². The zero-order valence-corrected chi connectivity index (χ0v) is 19.5. The number of halogens is 4. The average Bonchev–Trinajstić information content (AvgIpc) is 3.19. The van der Waals surface area contributed by atoms with Crippen LogP contribution in [0.2, 0.25) is 5.02 Å². The van der Waals surface area contributed by atoms with E-state index in [4.69, 9.17) is 16.3 Å². The van der Waals surface area contributed by atoms with Crippen molar-refractivity contribution in [2.24, 2.45) is 4.99 Å². The fraction of sp³-hybridized carbons (Fsp3) is 0.208. The summed E-state index contributed by atoms with van der Waals surface area (Å²) in [4.78, 5) is 21.0. The Balaban J connectivity index is 1.61. The van der Waals surface area contributed by atoms with Crippen LogP contribution in [-0.2, 0) is 17.5 Å². The summed E-state index contributed by atoms with van der Waals surface area (Å²) >= 11 is 6.06. The van der Waals surface area contributed by atoms with Crippen molar-refractivity contribution < 1.29 is 17.9 Å². The number of ether oxygens (including phenoxy) is 1. The topological polar surface area (TPSA) is 86.7 Å². The lowest BCUT2D eigenvalue weighted by Gasteiger charge is -2.19. The van der Waals surface area contributed by atoms with Crippen LogP contribution in [0.5, 0.6) is 0 Å². The van der Waals surface area contributed by atoms with Crippen molar-refractivity contribution in [3.8, 4) is 11.1 Å². The van der Waals surface area contributed by atoms with Gasteiger partial charge in [0.25, 0.3) is 0 Å². The van der Waals surface area contributed by atoms with E-state index in [1.165, 1.54) is 17.7 Å².